The average molecular weight is 218 g/mol. The number of fused-ring (bicyclic) bond motifs is 2. The molecule has 3 atom stereocenters. The van der Waals surface area contributed by atoms with Crippen LogP contribution in [0.4, 0.5) is 0 Å². The maximum absolute atomic E-state index is 12.4. The number of rotatable bonds is 0. The maximum Gasteiger partial charge on any atom is 0.162 e. The van der Waals surface area contributed by atoms with Gasteiger partial charge in [-0.3, -0.25) is 4.79 Å². The summed E-state index contributed by atoms with van der Waals surface area (Å²) in [5, 5.41) is 0. The Morgan fingerprint density at radius 2 is 1.88 bits per heavy atom. The second-order valence-electron chi connectivity index (χ2n) is 7.06. The van der Waals surface area contributed by atoms with E-state index in [0.29, 0.717) is 11.2 Å². The van der Waals surface area contributed by atoms with Crippen molar-refractivity contribution in [3.8, 4) is 0 Å². The minimum Gasteiger partial charge on any atom is -0.294 e. The summed E-state index contributed by atoms with van der Waals surface area (Å²) >= 11 is 0. The van der Waals surface area contributed by atoms with Gasteiger partial charge in [0.15, 0.2) is 5.78 Å². The Labute approximate surface area is 98.3 Å². The Balaban J connectivity index is 2.15. The molecule has 1 heteroatoms. The lowest BCUT2D eigenvalue weighted by Crippen LogP contribution is -2.36. The lowest BCUT2D eigenvalue weighted by atomic mass is 9.62. The molecule has 1 saturated carbocycles. The molecule has 3 aliphatic carbocycles. The van der Waals surface area contributed by atoms with Gasteiger partial charge in [-0.1, -0.05) is 33.3 Å². The van der Waals surface area contributed by atoms with Gasteiger partial charge in [-0.15, -0.1) is 0 Å². The lowest BCUT2D eigenvalue weighted by molar-refractivity contribution is -0.120. The molecule has 0 unspecified atom stereocenters. The smallest absolute Gasteiger partial charge is 0.162 e. The molecule has 1 fully saturated rings. The van der Waals surface area contributed by atoms with Gasteiger partial charge in [0.25, 0.3) is 0 Å². The highest BCUT2D eigenvalue weighted by atomic mass is 16.1. The molecule has 0 bridgehead atoms. The van der Waals surface area contributed by atoms with Gasteiger partial charge >= 0.3 is 0 Å². The van der Waals surface area contributed by atoms with Crippen molar-refractivity contribution in [1.29, 1.82) is 0 Å². The average Bonchev–Trinajstić information content (AvgIpc) is 2.81. The summed E-state index contributed by atoms with van der Waals surface area (Å²) in [6.07, 6.45) is 4.81. The SMILES string of the molecule is C[C@H]1CCC2=C(C1=O)C(C)(C)C[C@H]1C[C@]21C. The Hall–Kier alpha value is -0.590. The molecule has 0 N–H and O–H groups in total. The third kappa shape index (κ3) is 1.15. The summed E-state index contributed by atoms with van der Waals surface area (Å²) in [6.45, 7) is 9.03. The first kappa shape index (κ1) is 10.6. The van der Waals surface area contributed by atoms with Crippen molar-refractivity contribution >= 4 is 5.78 Å². The monoisotopic (exact) mass is 218 g/mol. The topological polar surface area (TPSA) is 17.1 Å². The number of Topliss-reactive ketones (excluding diaryl/α,β-unsaturated/α-hetero) is 1. The molecule has 16 heavy (non-hydrogen) atoms. The van der Waals surface area contributed by atoms with Crippen LogP contribution >= 0.6 is 0 Å². The molecular weight excluding hydrogens is 196 g/mol. The van der Waals surface area contributed by atoms with Gasteiger partial charge in [-0.25, -0.2) is 0 Å². The van der Waals surface area contributed by atoms with Crippen molar-refractivity contribution < 1.29 is 4.79 Å². The fourth-order valence-electron chi connectivity index (χ4n) is 4.16. The van der Waals surface area contributed by atoms with E-state index in [2.05, 4.69) is 27.7 Å². The van der Waals surface area contributed by atoms with E-state index in [9.17, 15) is 4.79 Å². The first-order chi connectivity index (χ1) is 7.36. The highest BCUT2D eigenvalue weighted by Crippen LogP contribution is 2.69. The van der Waals surface area contributed by atoms with Crippen molar-refractivity contribution in [2.45, 2.75) is 53.4 Å². The summed E-state index contributed by atoms with van der Waals surface area (Å²) in [6, 6.07) is 0. The highest BCUT2D eigenvalue weighted by molar-refractivity contribution is 6.00. The Morgan fingerprint density at radius 1 is 1.19 bits per heavy atom. The third-order valence-corrected chi connectivity index (χ3v) is 5.36. The van der Waals surface area contributed by atoms with E-state index in [-0.39, 0.29) is 11.3 Å². The normalized spacial score (nSPS) is 45.1. The molecule has 3 aliphatic rings. The molecule has 1 nitrogen and oxygen atoms in total. The van der Waals surface area contributed by atoms with Crippen LogP contribution in [0.2, 0.25) is 0 Å². The van der Waals surface area contributed by atoms with E-state index in [0.717, 1.165) is 12.3 Å². The standard InChI is InChI=1S/C15H22O/c1-9-5-6-11-12(13(9)16)14(2,3)7-10-8-15(10,11)4/h9-10H,5-8H2,1-4H3/t9-,10-,15-/m0/s1. The second-order valence-corrected chi connectivity index (χ2v) is 7.06. The zero-order valence-corrected chi connectivity index (χ0v) is 10.9. The summed E-state index contributed by atoms with van der Waals surface area (Å²) in [7, 11) is 0. The van der Waals surface area contributed by atoms with Crippen LogP contribution in [-0.2, 0) is 4.79 Å². The second kappa shape index (κ2) is 2.80. The van der Waals surface area contributed by atoms with Gasteiger partial charge in [-0.05, 0) is 42.4 Å². The van der Waals surface area contributed by atoms with Gasteiger partial charge < -0.3 is 0 Å². The predicted molar refractivity (Wildman–Crippen MR) is 65.0 cm³/mol. The number of carbonyl (C=O) groups excluding carboxylic acids is 1. The van der Waals surface area contributed by atoms with E-state index in [4.69, 9.17) is 0 Å². The van der Waals surface area contributed by atoms with Crippen molar-refractivity contribution in [2.75, 3.05) is 0 Å². The molecule has 0 aromatic rings. The maximum atomic E-state index is 12.4. The fourth-order valence-corrected chi connectivity index (χ4v) is 4.16. The van der Waals surface area contributed by atoms with Gasteiger partial charge in [0.1, 0.15) is 0 Å². The van der Waals surface area contributed by atoms with Crippen molar-refractivity contribution in [2.24, 2.45) is 22.7 Å². The zero-order valence-electron chi connectivity index (χ0n) is 10.9. The van der Waals surface area contributed by atoms with E-state index in [1.54, 1.807) is 0 Å². The summed E-state index contributed by atoms with van der Waals surface area (Å²) in [5.74, 6) is 1.58. The molecule has 0 saturated heterocycles. The third-order valence-electron chi connectivity index (χ3n) is 5.36. The molecule has 0 aliphatic heterocycles. The van der Waals surface area contributed by atoms with Crippen LogP contribution in [0.3, 0.4) is 0 Å². The lowest BCUT2D eigenvalue weighted by Gasteiger charge is -2.41. The van der Waals surface area contributed by atoms with Crippen molar-refractivity contribution in [3.05, 3.63) is 11.1 Å². The Bertz CT molecular complexity index is 402. The van der Waals surface area contributed by atoms with Crippen molar-refractivity contribution in [3.63, 3.8) is 0 Å². The van der Waals surface area contributed by atoms with Crippen LogP contribution in [0.1, 0.15) is 53.4 Å². The van der Waals surface area contributed by atoms with Crippen LogP contribution in [0.25, 0.3) is 0 Å². The summed E-state index contributed by atoms with van der Waals surface area (Å²) in [4.78, 5) is 12.4. The zero-order chi connectivity index (χ0) is 11.7. The number of hydrogen-bond donors (Lipinski definition) is 0. The van der Waals surface area contributed by atoms with E-state index >= 15 is 0 Å². The Morgan fingerprint density at radius 3 is 2.56 bits per heavy atom. The van der Waals surface area contributed by atoms with Crippen LogP contribution in [0, 0.1) is 22.7 Å². The first-order valence-electron chi connectivity index (χ1n) is 6.64. The predicted octanol–water partition coefficient (Wildman–Crippen LogP) is 3.74. The van der Waals surface area contributed by atoms with E-state index in [1.807, 2.05) is 0 Å². The molecule has 0 heterocycles. The molecule has 88 valence electrons. The van der Waals surface area contributed by atoms with Gasteiger partial charge in [0.05, 0.1) is 0 Å². The number of allylic oxidation sites excluding steroid dienone is 2. The molecule has 0 aromatic carbocycles. The van der Waals surface area contributed by atoms with Crippen LogP contribution in [0.15, 0.2) is 11.1 Å². The van der Waals surface area contributed by atoms with Crippen molar-refractivity contribution in [1.82, 2.24) is 0 Å². The first-order valence-corrected chi connectivity index (χ1v) is 6.64. The fraction of sp³-hybridized carbons (Fsp3) is 0.800. The van der Waals surface area contributed by atoms with Crippen LogP contribution in [0.5, 0.6) is 0 Å². The largest absolute Gasteiger partial charge is 0.294 e. The molecule has 0 spiro atoms. The quantitative estimate of drug-likeness (QED) is 0.605. The van der Waals surface area contributed by atoms with Gasteiger partial charge in [0, 0.05) is 11.5 Å². The summed E-state index contributed by atoms with van der Waals surface area (Å²) in [5.41, 5.74) is 3.32. The van der Waals surface area contributed by atoms with Crippen LogP contribution in [-0.4, -0.2) is 5.78 Å². The van der Waals surface area contributed by atoms with E-state index < -0.39 is 0 Å². The number of ketones is 1. The van der Waals surface area contributed by atoms with Crippen LogP contribution < -0.4 is 0 Å². The minimum absolute atomic E-state index is 0.141. The minimum atomic E-state index is 0.141. The number of carbonyl (C=O) groups is 1. The van der Waals surface area contributed by atoms with Gasteiger partial charge in [-0.2, -0.15) is 0 Å². The molecule has 0 radical (unpaired) electrons. The molecule has 0 amide bonds. The summed E-state index contributed by atoms with van der Waals surface area (Å²) < 4.78 is 0. The number of hydrogen-bond acceptors (Lipinski definition) is 1. The highest BCUT2D eigenvalue weighted by Gasteiger charge is 2.60. The molecule has 3 rings (SSSR count). The van der Waals surface area contributed by atoms with Gasteiger partial charge in [0.2, 0.25) is 0 Å². The molecule has 0 aromatic heterocycles. The van der Waals surface area contributed by atoms with E-state index in [1.165, 1.54) is 30.4 Å². The molecular formula is C15H22O. The Kier molecular flexibility index (Phi) is 1.85.